The van der Waals surface area contributed by atoms with E-state index in [2.05, 4.69) is 229 Å². The Morgan fingerprint density at radius 3 is 1.06 bits per heavy atom. The average molecular weight is 817 g/mol. The second-order valence-electron chi connectivity index (χ2n) is 17.2. The summed E-state index contributed by atoms with van der Waals surface area (Å²) in [6, 6.07) is 77.4. The summed E-state index contributed by atoms with van der Waals surface area (Å²) in [4.78, 5) is 0. The van der Waals surface area contributed by atoms with Gasteiger partial charge in [-0.3, -0.25) is 0 Å². The second kappa shape index (κ2) is 14.3. The van der Waals surface area contributed by atoms with Crippen LogP contribution in [0.3, 0.4) is 0 Å². The SMILES string of the molecule is CCn1c2ccccc2c2ccc(-c3cccc4c(-c5c6ccccc6c(-c6ccccc6)c6ccccc56)c5cccc(-c6ccc7c8ccccc8n(CC)c7c6)c5cc34)cc21. The lowest BCUT2D eigenvalue weighted by Crippen LogP contribution is -1.95. The first-order chi connectivity index (χ1) is 31.7. The van der Waals surface area contributed by atoms with Gasteiger partial charge in [0, 0.05) is 56.7 Å². The van der Waals surface area contributed by atoms with Crippen LogP contribution in [0, 0.1) is 0 Å². The summed E-state index contributed by atoms with van der Waals surface area (Å²) in [6.45, 7) is 6.32. The van der Waals surface area contributed by atoms with Gasteiger partial charge in [-0.1, -0.05) is 176 Å². The highest BCUT2D eigenvalue weighted by Gasteiger charge is 2.23. The largest absolute Gasteiger partial charge is 0.341 e. The van der Waals surface area contributed by atoms with Crippen molar-refractivity contribution >= 4 is 86.7 Å². The molecule has 0 unspecified atom stereocenters. The molecule has 0 saturated heterocycles. The molecule has 0 fully saturated rings. The van der Waals surface area contributed by atoms with Crippen molar-refractivity contribution < 1.29 is 0 Å². The Bertz CT molecular complexity index is 3800. The van der Waals surface area contributed by atoms with Gasteiger partial charge in [-0.25, -0.2) is 0 Å². The van der Waals surface area contributed by atoms with Crippen molar-refractivity contribution in [2.45, 2.75) is 26.9 Å². The number of hydrogen-bond acceptors (Lipinski definition) is 0. The molecule has 0 aliphatic carbocycles. The van der Waals surface area contributed by atoms with E-state index >= 15 is 0 Å². The molecule has 0 radical (unpaired) electrons. The zero-order valence-electron chi connectivity index (χ0n) is 35.9. The van der Waals surface area contributed by atoms with Crippen LogP contribution in [0.15, 0.2) is 206 Å². The topological polar surface area (TPSA) is 9.86 Å². The minimum absolute atomic E-state index is 0.904. The lowest BCUT2D eigenvalue weighted by molar-refractivity contribution is 0.827. The Balaban J connectivity index is 1.17. The maximum Gasteiger partial charge on any atom is 0.0497 e. The fourth-order valence-corrected chi connectivity index (χ4v) is 11.4. The lowest BCUT2D eigenvalue weighted by atomic mass is 9.81. The molecule has 2 heteroatoms. The van der Waals surface area contributed by atoms with E-state index in [1.54, 1.807) is 0 Å². The Kier molecular flexibility index (Phi) is 8.20. The molecule has 302 valence electrons. The number of nitrogens with zero attached hydrogens (tertiary/aromatic N) is 2. The minimum atomic E-state index is 0.904. The maximum atomic E-state index is 2.50. The van der Waals surface area contributed by atoms with Crippen LogP contribution in [0.5, 0.6) is 0 Å². The number of benzene rings is 11. The van der Waals surface area contributed by atoms with E-state index in [1.807, 2.05) is 0 Å². The molecule has 64 heavy (non-hydrogen) atoms. The number of fused-ring (bicyclic) bond motifs is 10. The molecule has 0 N–H and O–H groups in total. The first-order valence-electron chi connectivity index (χ1n) is 22.7. The molecule has 13 rings (SSSR count). The Morgan fingerprint density at radius 2 is 0.609 bits per heavy atom. The molecular formula is C62H44N2. The van der Waals surface area contributed by atoms with E-state index in [0.717, 1.165) is 13.1 Å². The van der Waals surface area contributed by atoms with Crippen molar-refractivity contribution in [1.29, 1.82) is 0 Å². The third-order valence-electron chi connectivity index (χ3n) is 14.1. The standard InChI is InChI=1S/C62H44N2/c1-3-63-56-30-14-12-20-44(56)46-34-32-40(36-58(46)63)42-26-16-28-52-54(42)38-55-43(41-33-35-47-45-21-13-15-31-57(45)64(4-2)59(47)37-41)27-17-29-53(55)62(52)61-50-24-10-8-22-48(50)60(39-18-6-5-7-19-39)49-23-9-11-25-51(49)61/h5-38H,3-4H2,1-2H3. The van der Waals surface area contributed by atoms with Gasteiger partial charge in [-0.2, -0.15) is 0 Å². The fourth-order valence-electron chi connectivity index (χ4n) is 11.4. The molecule has 2 aromatic heterocycles. The zero-order valence-corrected chi connectivity index (χ0v) is 35.9. The van der Waals surface area contributed by atoms with Gasteiger partial charge in [0.25, 0.3) is 0 Å². The monoisotopic (exact) mass is 816 g/mol. The summed E-state index contributed by atoms with van der Waals surface area (Å²) in [5.74, 6) is 0. The predicted molar refractivity (Wildman–Crippen MR) is 276 cm³/mol. The molecule has 2 nitrogen and oxygen atoms in total. The van der Waals surface area contributed by atoms with Crippen LogP contribution in [0.4, 0.5) is 0 Å². The molecule has 0 amide bonds. The van der Waals surface area contributed by atoms with Gasteiger partial charge in [-0.15, -0.1) is 0 Å². The normalized spacial score (nSPS) is 12.0. The average Bonchev–Trinajstić information content (AvgIpc) is 3.86. The van der Waals surface area contributed by atoms with Crippen molar-refractivity contribution in [2.75, 3.05) is 0 Å². The molecule has 11 aromatic carbocycles. The van der Waals surface area contributed by atoms with Gasteiger partial charge in [0.15, 0.2) is 0 Å². The maximum absolute atomic E-state index is 2.50. The third-order valence-corrected chi connectivity index (χ3v) is 14.1. The second-order valence-corrected chi connectivity index (χ2v) is 17.2. The van der Waals surface area contributed by atoms with Crippen molar-refractivity contribution in [2.24, 2.45) is 0 Å². The molecule has 2 heterocycles. The van der Waals surface area contributed by atoms with Crippen molar-refractivity contribution in [3.05, 3.63) is 206 Å². The van der Waals surface area contributed by atoms with Crippen LogP contribution in [0.25, 0.3) is 131 Å². The first kappa shape index (κ1) is 36.7. The van der Waals surface area contributed by atoms with Gasteiger partial charge >= 0.3 is 0 Å². The van der Waals surface area contributed by atoms with Crippen LogP contribution in [0.1, 0.15) is 13.8 Å². The number of para-hydroxylation sites is 2. The van der Waals surface area contributed by atoms with E-state index in [4.69, 9.17) is 0 Å². The van der Waals surface area contributed by atoms with Gasteiger partial charge < -0.3 is 9.13 Å². The van der Waals surface area contributed by atoms with E-state index in [1.165, 1.54) is 131 Å². The summed E-state index contributed by atoms with van der Waals surface area (Å²) in [5.41, 5.74) is 15.1. The summed E-state index contributed by atoms with van der Waals surface area (Å²) < 4.78 is 4.94. The number of hydrogen-bond donors (Lipinski definition) is 0. The lowest BCUT2D eigenvalue weighted by Gasteiger charge is -2.22. The van der Waals surface area contributed by atoms with Gasteiger partial charge in [0.2, 0.25) is 0 Å². The van der Waals surface area contributed by atoms with E-state index < -0.39 is 0 Å². The molecular weight excluding hydrogens is 773 g/mol. The van der Waals surface area contributed by atoms with E-state index in [9.17, 15) is 0 Å². The molecule has 0 aliphatic rings. The number of rotatable bonds is 6. The van der Waals surface area contributed by atoms with Crippen LogP contribution in [-0.4, -0.2) is 9.13 Å². The Hall–Kier alpha value is -7.94. The van der Waals surface area contributed by atoms with Crippen LogP contribution in [-0.2, 0) is 13.1 Å². The predicted octanol–water partition coefficient (Wildman–Crippen LogP) is 17.2. The number of aromatic nitrogens is 2. The van der Waals surface area contributed by atoms with Crippen molar-refractivity contribution in [3.63, 3.8) is 0 Å². The van der Waals surface area contributed by atoms with Crippen LogP contribution in [0.2, 0.25) is 0 Å². The summed E-state index contributed by atoms with van der Waals surface area (Å²) >= 11 is 0. The molecule has 0 bridgehead atoms. The van der Waals surface area contributed by atoms with E-state index in [0.29, 0.717) is 0 Å². The molecule has 0 saturated carbocycles. The molecule has 0 atom stereocenters. The summed E-state index contributed by atoms with van der Waals surface area (Å²) in [7, 11) is 0. The third kappa shape index (κ3) is 5.26. The van der Waals surface area contributed by atoms with Crippen LogP contribution >= 0.6 is 0 Å². The first-order valence-corrected chi connectivity index (χ1v) is 22.7. The van der Waals surface area contributed by atoms with Gasteiger partial charge in [-0.05, 0) is 132 Å². The van der Waals surface area contributed by atoms with Crippen LogP contribution < -0.4 is 0 Å². The quantitative estimate of drug-likeness (QED) is 0.148. The summed E-state index contributed by atoms with van der Waals surface area (Å²) in [6.07, 6.45) is 0. The molecule has 0 spiro atoms. The van der Waals surface area contributed by atoms with Gasteiger partial charge in [0.05, 0.1) is 0 Å². The van der Waals surface area contributed by atoms with E-state index in [-0.39, 0.29) is 0 Å². The smallest absolute Gasteiger partial charge is 0.0497 e. The zero-order chi connectivity index (χ0) is 42.5. The Morgan fingerprint density at radius 1 is 0.250 bits per heavy atom. The highest BCUT2D eigenvalue weighted by molar-refractivity contribution is 6.29. The highest BCUT2D eigenvalue weighted by atomic mass is 15.0. The molecule has 0 aliphatic heterocycles. The molecule has 13 aromatic rings. The fraction of sp³-hybridized carbons (Fsp3) is 0.0645. The van der Waals surface area contributed by atoms with Crippen molar-refractivity contribution in [3.8, 4) is 44.5 Å². The van der Waals surface area contributed by atoms with Gasteiger partial charge in [0.1, 0.15) is 0 Å². The highest BCUT2D eigenvalue weighted by Crippen LogP contribution is 2.50. The summed E-state index contributed by atoms with van der Waals surface area (Å²) in [5, 5.41) is 15.2. The minimum Gasteiger partial charge on any atom is -0.341 e. The Labute approximate surface area is 371 Å². The van der Waals surface area contributed by atoms with Crippen molar-refractivity contribution in [1.82, 2.24) is 9.13 Å². The number of aryl methyl sites for hydroxylation is 2.